The zero-order valence-electron chi connectivity index (χ0n) is 16.2. The van der Waals surface area contributed by atoms with E-state index >= 15 is 0 Å². The van der Waals surface area contributed by atoms with Gasteiger partial charge in [0, 0.05) is 5.56 Å². The number of anilines is 1. The van der Waals surface area contributed by atoms with Gasteiger partial charge in [0.1, 0.15) is 0 Å². The number of rotatable bonds is 7. The number of aryl methyl sites for hydroxylation is 2. The molecule has 0 fully saturated rings. The van der Waals surface area contributed by atoms with Crippen molar-refractivity contribution in [2.24, 2.45) is 0 Å². The molecule has 1 amide bonds. The van der Waals surface area contributed by atoms with Crippen LogP contribution in [0.15, 0.2) is 55.1 Å². The molecule has 6 heteroatoms. The summed E-state index contributed by atoms with van der Waals surface area (Å²) in [6, 6.07) is 12.5. The second-order valence-electron chi connectivity index (χ2n) is 6.68. The standard InChI is InChI=1S/C21H26N2O3S/c1-6-13-23(27(5,25)26)19-11-9-18(10-12-19)21(24)22-17(4)20-14-15(2)7-8-16(20)3/h6-12,14,17H,1,13H2,2-5H3,(H,22,24)/t17-/m0/s1. The summed E-state index contributed by atoms with van der Waals surface area (Å²) < 4.78 is 25.0. The minimum absolute atomic E-state index is 0.134. The molecule has 1 N–H and O–H groups in total. The first-order valence-electron chi connectivity index (χ1n) is 8.70. The number of nitrogens with zero attached hydrogens (tertiary/aromatic N) is 1. The van der Waals surface area contributed by atoms with Gasteiger partial charge < -0.3 is 5.32 Å². The highest BCUT2D eigenvalue weighted by atomic mass is 32.2. The molecule has 2 rings (SSSR count). The molecule has 27 heavy (non-hydrogen) atoms. The number of hydrogen-bond donors (Lipinski definition) is 1. The molecule has 1 atom stereocenters. The number of hydrogen-bond acceptors (Lipinski definition) is 3. The highest BCUT2D eigenvalue weighted by Crippen LogP contribution is 2.21. The van der Waals surface area contributed by atoms with Crippen LogP contribution >= 0.6 is 0 Å². The van der Waals surface area contributed by atoms with Gasteiger partial charge in [0.15, 0.2) is 0 Å². The maximum atomic E-state index is 12.6. The molecule has 0 spiro atoms. The van der Waals surface area contributed by atoms with Crippen LogP contribution in [0.1, 0.15) is 40.0 Å². The topological polar surface area (TPSA) is 66.5 Å². The van der Waals surface area contributed by atoms with Crippen LogP contribution in [0.5, 0.6) is 0 Å². The second kappa shape index (κ2) is 8.39. The van der Waals surface area contributed by atoms with Crippen LogP contribution in [0.2, 0.25) is 0 Å². The summed E-state index contributed by atoms with van der Waals surface area (Å²) in [6.07, 6.45) is 2.66. The van der Waals surface area contributed by atoms with Crippen LogP contribution in [0.3, 0.4) is 0 Å². The van der Waals surface area contributed by atoms with Crippen LogP contribution in [-0.4, -0.2) is 27.1 Å². The van der Waals surface area contributed by atoms with Crippen molar-refractivity contribution >= 4 is 21.6 Å². The van der Waals surface area contributed by atoms with Gasteiger partial charge in [-0.15, -0.1) is 6.58 Å². The summed E-state index contributed by atoms with van der Waals surface area (Å²) in [5.41, 5.74) is 4.31. The van der Waals surface area contributed by atoms with Crippen LogP contribution < -0.4 is 9.62 Å². The number of carbonyl (C=O) groups excluding carboxylic acids is 1. The molecule has 0 aliphatic rings. The first-order valence-corrected chi connectivity index (χ1v) is 10.5. The Balaban J connectivity index is 2.18. The van der Waals surface area contributed by atoms with Gasteiger partial charge in [0.2, 0.25) is 10.0 Å². The van der Waals surface area contributed by atoms with E-state index in [4.69, 9.17) is 0 Å². The Morgan fingerprint density at radius 2 is 1.81 bits per heavy atom. The third kappa shape index (κ3) is 5.20. The zero-order chi connectivity index (χ0) is 20.2. The summed E-state index contributed by atoms with van der Waals surface area (Å²) in [7, 11) is -3.42. The summed E-state index contributed by atoms with van der Waals surface area (Å²) in [5.74, 6) is -0.204. The molecule has 0 aromatic heterocycles. The molecule has 0 radical (unpaired) electrons. The Hall–Kier alpha value is -2.60. The Labute approximate surface area is 161 Å². The van der Waals surface area contributed by atoms with E-state index in [1.165, 1.54) is 10.4 Å². The summed E-state index contributed by atoms with van der Waals surface area (Å²) in [4.78, 5) is 12.6. The van der Waals surface area contributed by atoms with Crippen LogP contribution in [0, 0.1) is 13.8 Å². The van der Waals surface area contributed by atoms with Crippen molar-refractivity contribution in [1.82, 2.24) is 5.32 Å². The summed E-state index contributed by atoms with van der Waals surface area (Å²) in [6.45, 7) is 9.75. The normalized spacial score (nSPS) is 12.3. The van der Waals surface area contributed by atoms with Crippen molar-refractivity contribution in [3.63, 3.8) is 0 Å². The lowest BCUT2D eigenvalue weighted by atomic mass is 9.99. The minimum atomic E-state index is -3.42. The van der Waals surface area contributed by atoms with Crippen LogP contribution in [0.4, 0.5) is 5.69 Å². The molecule has 0 saturated carbocycles. The molecule has 144 valence electrons. The predicted molar refractivity (Wildman–Crippen MR) is 111 cm³/mol. The fourth-order valence-corrected chi connectivity index (χ4v) is 3.79. The highest BCUT2D eigenvalue weighted by Gasteiger charge is 2.17. The van der Waals surface area contributed by atoms with Crippen molar-refractivity contribution in [2.75, 3.05) is 17.1 Å². The molecular weight excluding hydrogens is 360 g/mol. The predicted octanol–water partition coefficient (Wildman–Crippen LogP) is 3.75. The molecular formula is C21H26N2O3S. The zero-order valence-corrected chi connectivity index (χ0v) is 17.0. The quantitative estimate of drug-likeness (QED) is 0.737. The van der Waals surface area contributed by atoms with Crippen molar-refractivity contribution in [1.29, 1.82) is 0 Å². The van der Waals surface area contributed by atoms with E-state index in [0.29, 0.717) is 11.3 Å². The third-order valence-electron chi connectivity index (χ3n) is 4.36. The molecule has 2 aromatic rings. The first kappa shape index (κ1) is 20.7. The van der Waals surface area contributed by atoms with E-state index in [0.717, 1.165) is 22.9 Å². The smallest absolute Gasteiger partial charge is 0.251 e. The fourth-order valence-electron chi connectivity index (χ4n) is 2.91. The minimum Gasteiger partial charge on any atom is -0.346 e. The number of benzene rings is 2. The maximum absolute atomic E-state index is 12.6. The van der Waals surface area contributed by atoms with Crippen LogP contribution in [-0.2, 0) is 10.0 Å². The first-order chi connectivity index (χ1) is 12.6. The van der Waals surface area contributed by atoms with E-state index in [2.05, 4.69) is 18.0 Å². The molecule has 0 aliphatic heterocycles. The van der Waals surface area contributed by atoms with Crippen LogP contribution in [0.25, 0.3) is 0 Å². The van der Waals surface area contributed by atoms with Gasteiger partial charge in [-0.2, -0.15) is 0 Å². The Morgan fingerprint density at radius 1 is 1.19 bits per heavy atom. The average Bonchev–Trinajstić information content (AvgIpc) is 2.60. The van der Waals surface area contributed by atoms with Crippen molar-refractivity contribution in [3.8, 4) is 0 Å². The van der Waals surface area contributed by atoms with Gasteiger partial charge in [-0.3, -0.25) is 9.10 Å². The van der Waals surface area contributed by atoms with E-state index in [1.54, 1.807) is 24.3 Å². The largest absolute Gasteiger partial charge is 0.346 e. The molecule has 2 aromatic carbocycles. The van der Waals surface area contributed by atoms with Gasteiger partial charge in [-0.05, 0) is 56.2 Å². The lowest BCUT2D eigenvalue weighted by Crippen LogP contribution is -2.30. The lowest BCUT2D eigenvalue weighted by Gasteiger charge is -2.21. The van der Waals surface area contributed by atoms with Gasteiger partial charge in [-0.1, -0.05) is 29.8 Å². The Kier molecular flexibility index (Phi) is 6.44. The summed E-state index contributed by atoms with van der Waals surface area (Å²) in [5, 5.41) is 3.00. The Morgan fingerprint density at radius 3 is 2.37 bits per heavy atom. The van der Waals surface area contributed by atoms with Gasteiger partial charge >= 0.3 is 0 Å². The van der Waals surface area contributed by atoms with E-state index in [-0.39, 0.29) is 18.5 Å². The molecule has 0 aliphatic carbocycles. The van der Waals surface area contributed by atoms with Gasteiger partial charge in [0.05, 0.1) is 24.5 Å². The van der Waals surface area contributed by atoms with Crippen molar-refractivity contribution < 1.29 is 13.2 Å². The Bertz CT molecular complexity index is 934. The van der Waals surface area contributed by atoms with Crippen molar-refractivity contribution in [2.45, 2.75) is 26.8 Å². The monoisotopic (exact) mass is 386 g/mol. The average molecular weight is 387 g/mol. The van der Waals surface area contributed by atoms with E-state index in [9.17, 15) is 13.2 Å². The van der Waals surface area contributed by atoms with Gasteiger partial charge in [-0.25, -0.2) is 8.42 Å². The molecule has 5 nitrogen and oxygen atoms in total. The second-order valence-corrected chi connectivity index (χ2v) is 8.59. The number of sulfonamides is 1. The SMILES string of the molecule is C=CCN(c1ccc(C(=O)N[C@@H](C)c2cc(C)ccc2C)cc1)S(C)(=O)=O. The fraction of sp³-hybridized carbons (Fsp3) is 0.286. The summed E-state index contributed by atoms with van der Waals surface area (Å²) >= 11 is 0. The molecule has 0 bridgehead atoms. The molecule has 0 heterocycles. The third-order valence-corrected chi connectivity index (χ3v) is 5.52. The number of carbonyl (C=O) groups is 1. The van der Waals surface area contributed by atoms with Crippen molar-refractivity contribution in [3.05, 3.63) is 77.4 Å². The highest BCUT2D eigenvalue weighted by molar-refractivity contribution is 7.92. The maximum Gasteiger partial charge on any atom is 0.251 e. The molecule has 0 unspecified atom stereocenters. The van der Waals surface area contributed by atoms with E-state index in [1.807, 2.05) is 32.9 Å². The number of nitrogens with one attached hydrogen (secondary N) is 1. The van der Waals surface area contributed by atoms with Gasteiger partial charge in [0.25, 0.3) is 5.91 Å². The number of amides is 1. The molecule has 0 saturated heterocycles. The lowest BCUT2D eigenvalue weighted by molar-refractivity contribution is 0.0940. The van der Waals surface area contributed by atoms with E-state index < -0.39 is 10.0 Å².